The van der Waals surface area contributed by atoms with Gasteiger partial charge in [0, 0.05) is 13.1 Å². The van der Waals surface area contributed by atoms with Crippen molar-refractivity contribution in [1.29, 1.82) is 0 Å². The van der Waals surface area contributed by atoms with E-state index in [4.69, 9.17) is 5.73 Å². The van der Waals surface area contributed by atoms with Gasteiger partial charge in [0.1, 0.15) is 0 Å². The highest BCUT2D eigenvalue weighted by molar-refractivity contribution is 4.80. The van der Waals surface area contributed by atoms with Crippen LogP contribution in [0, 0.1) is 0 Å². The molecule has 0 rings (SSSR count). The molecule has 0 aromatic carbocycles. The van der Waals surface area contributed by atoms with Gasteiger partial charge in [0.05, 0.1) is 0 Å². The summed E-state index contributed by atoms with van der Waals surface area (Å²) >= 11 is 0. The standard InChI is InChI=1S/C6H12N2/c1-3-8(4-2)6-5-7/h3-4H,1-2,5-7H2. The number of nitrogens with two attached hydrogens (primary N) is 1. The molecule has 0 aliphatic rings. The molecule has 0 aromatic rings. The van der Waals surface area contributed by atoms with Crippen LogP contribution in [0.4, 0.5) is 0 Å². The summed E-state index contributed by atoms with van der Waals surface area (Å²) in [5.41, 5.74) is 5.24. The van der Waals surface area contributed by atoms with Gasteiger partial charge in [-0.2, -0.15) is 0 Å². The van der Waals surface area contributed by atoms with Gasteiger partial charge in [0.2, 0.25) is 0 Å². The zero-order valence-electron chi connectivity index (χ0n) is 5.01. The van der Waals surface area contributed by atoms with Gasteiger partial charge in [0.25, 0.3) is 0 Å². The molecule has 8 heavy (non-hydrogen) atoms. The Morgan fingerprint density at radius 1 is 1.38 bits per heavy atom. The van der Waals surface area contributed by atoms with Crippen LogP contribution < -0.4 is 5.73 Å². The number of hydrogen-bond acceptors (Lipinski definition) is 2. The topological polar surface area (TPSA) is 29.3 Å². The zero-order chi connectivity index (χ0) is 6.41. The van der Waals surface area contributed by atoms with Crippen molar-refractivity contribution >= 4 is 0 Å². The molecular formula is C6H12N2. The Balaban J connectivity index is 3.35. The average molecular weight is 112 g/mol. The van der Waals surface area contributed by atoms with Gasteiger partial charge < -0.3 is 10.6 Å². The van der Waals surface area contributed by atoms with E-state index in [0.29, 0.717) is 6.54 Å². The first-order valence-corrected chi connectivity index (χ1v) is 2.56. The highest BCUT2D eigenvalue weighted by atomic mass is 15.1. The summed E-state index contributed by atoms with van der Waals surface area (Å²) < 4.78 is 0. The Labute approximate surface area is 50.3 Å². The molecule has 0 unspecified atom stereocenters. The van der Waals surface area contributed by atoms with Crippen LogP contribution in [0.1, 0.15) is 0 Å². The van der Waals surface area contributed by atoms with Crippen LogP contribution in [0.5, 0.6) is 0 Å². The molecule has 0 saturated carbocycles. The van der Waals surface area contributed by atoms with E-state index in [0.717, 1.165) is 6.54 Å². The third-order valence-corrected chi connectivity index (χ3v) is 0.856. The van der Waals surface area contributed by atoms with Gasteiger partial charge in [-0.25, -0.2) is 0 Å². The van der Waals surface area contributed by atoms with Crippen LogP contribution >= 0.6 is 0 Å². The lowest BCUT2D eigenvalue weighted by Gasteiger charge is -2.10. The first-order valence-electron chi connectivity index (χ1n) is 2.56. The van der Waals surface area contributed by atoms with E-state index in [-0.39, 0.29) is 0 Å². The third kappa shape index (κ3) is 2.42. The van der Waals surface area contributed by atoms with Crippen molar-refractivity contribution in [2.24, 2.45) is 5.73 Å². The second kappa shape index (κ2) is 4.40. The number of nitrogens with zero attached hydrogens (tertiary/aromatic N) is 1. The molecule has 2 nitrogen and oxygen atoms in total. The summed E-state index contributed by atoms with van der Waals surface area (Å²) in [6.45, 7) is 8.53. The Bertz CT molecular complexity index is 70.6. The van der Waals surface area contributed by atoms with Crippen LogP contribution in [-0.4, -0.2) is 18.0 Å². The Kier molecular flexibility index (Phi) is 3.98. The second-order valence-electron chi connectivity index (χ2n) is 1.39. The maximum absolute atomic E-state index is 5.24. The molecule has 0 amide bonds. The predicted molar refractivity (Wildman–Crippen MR) is 36.2 cm³/mol. The summed E-state index contributed by atoms with van der Waals surface area (Å²) in [6.07, 6.45) is 3.39. The summed E-state index contributed by atoms with van der Waals surface area (Å²) in [5, 5.41) is 0. The van der Waals surface area contributed by atoms with Gasteiger partial charge in [0.15, 0.2) is 0 Å². The van der Waals surface area contributed by atoms with Crippen LogP contribution in [0.3, 0.4) is 0 Å². The fraction of sp³-hybridized carbons (Fsp3) is 0.333. The quantitative estimate of drug-likeness (QED) is 0.575. The normalized spacial score (nSPS) is 8.12. The molecule has 0 bridgehead atoms. The molecule has 0 atom stereocenters. The smallest absolute Gasteiger partial charge is 0.0342 e. The average Bonchev–Trinajstić information content (AvgIpc) is 1.83. The van der Waals surface area contributed by atoms with Gasteiger partial charge in [-0.3, -0.25) is 0 Å². The number of rotatable bonds is 4. The van der Waals surface area contributed by atoms with Gasteiger partial charge >= 0.3 is 0 Å². The largest absolute Gasteiger partial charge is 0.354 e. The molecule has 0 aliphatic heterocycles. The van der Waals surface area contributed by atoms with Crippen molar-refractivity contribution in [2.45, 2.75) is 0 Å². The van der Waals surface area contributed by atoms with E-state index in [1.54, 1.807) is 12.4 Å². The first-order chi connectivity index (χ1) is 3.85. The van der Waals surface area contributed by atoms with Crippen molar-refractivity contribution in [3.63, 3.8) is 0 Å². The van der Waals surface area contributed by atoms with Crippen molar-refractivity contribution in [3.05, 3.63) is 25.6 Å². The summed E-state index contributed by atoms with van der Waals surface area (Å²) in [5.74, 6) is 0. The van der Waals surface area contributed by atoms with E-state index in [9.17, 15) is 0 Å². The summed E-state index contributed by atoms with van der Waals surface area (Å²) in [7, 11) is 0. The van der Waals surface area contributed by atoms with E-state index >= 15 is 0 Å². The summed E-state index contributed by atoms with van der Waals surface area (Å²) in [6, 6.07) is 0. The lowest BCUT2D eigenvalue weighted by molar-refractivity contribution is 0.520. The fourth-order valence-corrected chi connectivity index (χ4v) is 0.406. The molecule has 2 heteroatoms. The maximum Gasteiger partial charge on any atom is 0.0342 e. The zero-order valence-corrected chi connectivity index (χ0v) is 5.01. The lowest BCUT2D eigenvalue weighted by Crippen LogP contribution is -2.18. The summed E-state index contributed by atoms with van der Waals surface area (Å²) in [4.78, 5) is 1.83. The van der Waals surface area contributed by atoms with Crippen molar-refractivity contribution < 1.29 is 0 Å². The van der Waals surface area contributed by atoms with Crippen LogP contribution in [-0.2, 0) is 0 Å². The highest BCUT2D eigenvalue weighted by Crippen LogP contribution is 1.83. The van der Waals surface area contributed by atoms with Crippen molar-refractivity contribution in [2.75, 3.05) is 13.1 Å². The molecule has 0 aromatic heterocycles. The SMILES string of the molecule is C=CN(C=C)CCN. The van der Waals surface area contributed by atoms with E-state index in [2.05, 4.69) is 13.2 Å². The maximum atomic E-state index is 5.24. The minimum Gasteiger partial charge on any atom is -0.354 e. The second-order valence-corrected chi connectivity index (χ2v) is 1.39. The fourth-order valence-electron chi connectivity index (χ4n) is 0.406. The first kappa shape index (κ1) is 7.24. The number of hydrogen-bond donors (Lipinski definition) is 1. The van der Waals surface area contributed by atoms with Gasteiger partial charge in [-0.05, 0) is 12.4 Å². The Hall–Kier alpha value is -0.760. The van der Waals surface area contributed by atoms with Crippen LogP contribution in [0.15, 0.2) is 25.6 Å². The van der Waals surface area contributed by atoms with Crippen molar-refractivity contribution in [3.8, 4) is 0 Å². The molecule has 2 N–H and O–H groups in total. The minimum absolute atomic E-state index is 0.637. The Morgan fingerprint density at radius 3 is 2.00 bits per heavy atom. The van der Waals surface area contributed by atoms with Gasteiger partial charge in [-0.15, -0.1) is 0 Å². The Morgan fingerprint density at radius 2 is 1.88 bits per heavy atom. The molecule has 0 fully saturated rings. The molecular weight excluding hydrogens is 100 g/mol. The highest BCUT2D eigenvalue weighted by Gasteiger charge is 1.84. The van der Waals surface area contributed by atoms with E-state index < -0.39 is 0 Å². The van der Waals surface area contributed by atoms with Gasteiger partial charge in [-0.1, -0.05) is 13.2 Å². The van der Waals surface area contributed by atoms with Crippen LogP contribution in [0.25, 0.3) is 0 Å². The molecule has 0 saturated heterocycles. The molecule has 0 aliphatic carbocycles. The molecule has 46 valence electrons. The van der Waals surface area contributed by atoms with Crippen LogP contribution in [0.2, 0.25) is 0 Å². The van der Waals surface area contributed by atoms with E-state index in [1.165, 1.54) is 0 Å². The molecule has 0 radical (unpaired) electrons. The van der Waals surface area contributed by atoms with E-state index in [1.807, 2.05) is 4.90 Å². The van der Waals surface area contributed by atoms with Crippen molar-refractivity contribution in [1.82, 2.24) is 4.90 Å². The lowest BCUT2D eigenvalue weighted by atomic mass is 10.6. The monoisotopic (exact) mass is 112 g/mol. The predicted octanol–water partition coefficient (Wildman–Crippen LogP) is 0.534. The third-order valence-electron chi connectivity index (χ3n) is 0.856. The molecule has 0 heterocycles. The minimum atomic E-state index is 0.637. The molecule has 0 spiro atoms.